The topological polar surface area (TPSA) is 80.3 Å². The number of nitrogens with zero attached hydrogens (tertiary/aromatic N) is 1. The number of amides is 3. The second-order valence-corrected chi connectivity index (χ2v) is 6.57. The molecule has 0 aliphatic rings. The lowest BCUT2D eigenvalue weighted by Crippen LogP contribution is -2.35. The number of alkyl halides is 3. The van der Waals surface area contributed by atoms with E-state index in [1.54, 1.807) is 5.32 Å². The third kappa shape index (κ3) is 5.49. The molecule has 1 aromatic heterocycles. The lowest BCUT2D eigenvalue weighted by atomic mass is 10.2. The van der Waals surface area contributed by atoms with Crippen LogP contribution in [0.5, 0.6) is 11.6 Å². The highest BCUT2D eigenvalue weighted by atomic mass is 35.5. The minimum atomic E-state index is -4.75. The standard InChI is InChI=1S/C20H11ClF5N3O3/c21-10-8-13(20(24,25)26)18(27-9-10)32-12-6-4-11(5-7-12)28-19(31)29-17(30)16-14(22)2-1-3-15(16)23/h1-9H,(H2,28,29,30,31). The molecule has 0 spiro atoms. The molecule has 0 saturated heterocycles. The fourth-order valence-electron chi connectivity index (χ4n) is 2.47. The number of hydrogen-bond donors (Lipinski definition) is 2. The molecule has 0 atom stereocenters. The SMILES string of the molecule is O=C(NC(=O)c1c(F)cccc1F)Nc1ccc(Oc2ncc(Cl)cc2C(F)(F)F)cc1. The molecule has 12 heteroatoms. The van der Waals surface area contributed by atoms with Crippen molar-refractivity contribution in [1.82, 2.24) is 10.3 Å². The molecule has 0 radical (unpaired) electrons. The Morgan fingerprint density at radius 2 is 1.62 bits per heavy atom. The van der Waals surface area contributed by atoms with Gasteiger partial charge in [-0.15, -0.1) is 0 Å². The van der Waals surface area contributed by atoms with E-state index in [1.807, 2.05) is 0 Å². The van der Waals surface area contributed by atoms with Gasteiger partial charge in [0.1, 0.15) is 28.5 Å². The molecule has 0 aliphatic carbocycles. The summed E-state index contributed by atoms with van der Waals surface area (Å²) in [5.74, 6) is -4.36. The average molecular weight is 472 g/mol. The van der Waals surface area contributed by atoms with Crippen molar-refractivity contribution in [1.29, 1.82) is 0 Å². The first-order valence-electron chi connectivity index (χ1n) is 8.61. The Labute approximate surface area is 182 Å². The number of rotatable bonds is 4. The second-order valence-electron chi connectivity index (χ2n) is 6.14. The Morgan fingerprint density at radius 3 is 2.22 bits per heavy atom. The number of hydrogen-bond acceptors (Lipinski definition) is 4. The number of nitrogens with one attached hydrogen (secondary N) is 2. The van der Waals surface area contributed by atoms with E-state index >= 15 is 0 Å². The van der Waals surface area contributed by atoms with Crippen LogP contribution in [0.1, 0.15) is 15.9 Å². The summed E-state index contributed by atoms with van der Waals surface area (Å²) >= 11 is 5.56. The van der Waals surface area contributed by atoms with Crippen LogP contribution in [0.25, 0.3) is 0 Å². The summed E-state index contributed by atoms with van der Waals surface area (Å²) in [5.41, 5.74) is -2.00. The highest BCUT2D eigenvalue weighted by Crippen LogP contribution is 2.38. The van der Waals surface area contributed by atoms with Crippen molar-refractivity contribution in [3.63, 3.8) is 0 Å². The summed E-state index contributed by atoms with van der Waals surface area (Å²) in [4.78, 5) is 27.3. The summed E-state index contributed by atoms with van der Waals surface area (Å²) in [7, 11) is 0. The zero-order valence-electron chi connectivity index (χ0n) is 15.6. The predicted octanol–water partition coefficient (Wildman–Crippen LogP) is 5.79. The summed E-state index contributed by atoms with van der Waals surface area (Å²) in [6.45, 7) is 0. The number of halogens is 6. The number of anilines is 1. The fourth-order valence-corrected chi connectivity index (χ4v) is 2.63. The molecule has 3 aromatic rings. The summed E-state index contributed by atoms with van der Waals surface area (Å²) in [6, 6.07) is 7.31. The van der Waals surface area contributed by atoms with E-state index in [0.717, 1.165) is 24.4 Å². The Bertz CT molecular complexity index is 1150. The maximum atomic E-state index is 13.6. The molecule has 1 heterocycles. The van der Waals surface area contributed by atoms with Gasteiger partial charge in [-0.3, -0.25) is 10.1 Å². The number of carbonyl (C=O) groups excluding carboxylic acids is 2. The van der Waals surface area contributed by atoms with Crippen LogP contribution in [-0.4, -0.2) is 16.9 Å². The van der Waals surface area contributed by atoms with Crippen LogP contribution in [0.4, 0.5) is 32.4 Å². The van der Waals surface area contributed by atoms with E-state index in [4.69, 9.17) is 16.3 Å². The monoisotopic (exact) mass is 471 g/mol. The van der Waals surface area contributed by atoms with Crippen molar-refractivity contribution in [3.8, 4) is 11.6 Å². The third-order valence-electron chi connectivity index (χ3n) is 3.87. The number of imide groups is 1. The van der Waals surface area contributed by atoms with Crippen LogP contribution in [0, 0.1) is 11.6 Å². The zero-order valence-corrected chi connectivity index (χ0v) is 16.4. The summed E-state index contributed by atoms with van der Waals surface area (Å²) in [5, 5.41) is 3.77. The predicted molar refractivity (Wildman–Crippen MR) is 104 cm³/mol. The van der Waals surface area contributed by atoms with Gasteiger partial charge in [-0.05, 0) is 42.5 Å². The van der Waals surface area contributed by atoms with E-state index in [2.05, 4.69) is 10.3 Å². The quantitative estimate of drug-likeness (QED) is 0.472. The molecule has 3 amide bonds. The molecule has 6 nitrogen and oxygen atoms in total. The van der Waals surface area contributed by atoms with E-state index in [0.29, 0.717) is 6.07 Å². The molecule has 32 heavy (non-hydrogen) atoms. The molecule has 2 aromatic carbocycles. The number of ether oxygens (including phenoxy) is 1. The maximum absolute atomic E-state index is 13.6. The van der Waals surface area contributed by atoms with Gasteiger partial charge in [-0.1, -0.05) is 17.7 Å². The largest absolute Gasteiger partial charge is 0.438 e. The molecular weight excluding hydrogens is 461 g/mol. The first kappa shape index (κ1) is 22.9. The lowest BCUT2D eigenvalue weighted by Gasteiger charge is -2.13. The smallest absolute Gasteiger partial charge is 0.421 e. The van der Waals surface area contributed by atoms with Crippen LogP contribution in [0.3, 0.4) is 0 Å². The van der Waals surface area contributed by atoms with Gasteiger partial charge >= 0.3 is 12.2 Å². The molecule has 0 aliphatic heterocycles. The van der Waals surface area contributed by atoms with E-state index in [-0.39, 0.29) is 16.5 Å². The molecule has 2 N–H and O–H groups in total. The van der Waals surface area contributed by atoms with Crippen LogP contribution in [0.15, 0.2) is 54.7 Å². The molecule has 0 fully saturated rings. The van der Waals surface area contributed by atoms with Gasteiger partial charge in [0.2, 0.25) is 5.88 Å². The van der Waals surface area contributed by atoms with Crippen LogP contribution in [0.2, 0.25) is 5.02 Å². The van der Waals surface area contributed by atoms with Crippen molar-refractivity contribution in [3.05, 3.63) is 82.5 Å². The number of carbonyl (C=O) groups is 2. The highest BCUT2D eigenvalue weighted by Gasteiger charge is 2.36. The van der Waals surface area contributed by atoms with Crippen molar-refractivity contribution < 1.29 is 36.3 Å². The van der Waals surface area contributed by atoms with E-state index < -0.39 is 46.8 Å². The first-order valence-corrected chi connectivity index (χ1v) is 8.99. The second kappa shape index (κ2) is 9.18. The van der Waals surface area contributed by atoms with Crippen molar-refractivity contribution in [2.45, 2.75) is 6.18 Å². The Morgan fingerprint density at radius 1 is 1.00 bits per heavy atom. The first-order chi connectivity index (χ1) is 15.0. The van der Waals surface area contributed by atoms with E-state index in [9.17, 15) is 31.5 Å². The minimum absolute atomic E-state index is 0.0409. The highest BCUT2D eigenvalue weighted by molar-refractivity contribution is 6.30. The van der Waals surface area contributed by atoms with Crippen LogP contribution in [-0.2, 0) is 6.18 Å². The van der Waals surface area contributed by atoms with Crippen molar-refractivity contribution >= 4 is 29.2 Å². The Kier molecular flexibility index (Phi) is 6.58. The van der Waals surface area contributed by atoms with Gasteiger partial charge in [0, 0.05) is 11.9 Å². The number of benzene rings is 2. The van der Waals surface area contributed by atoms with Gasteiger partial charge in [0.15, 0.2) is 0 Å². The van der Waals surface area contributed by atoms with Gasteiger partial charge < -0.3 is 10.1 Å². The molecule has 3 rings (SSSR count). The van der Waals surface area contributed by atoms with E-state index in [1.165, 1.54) is 24.3 Å². The summed E-state index contributed by atoms with van der Waals surface area (Å²) in [6.07, 6.45) is -3.77. The molecule has 0 unspecified atom stereocenters. The fraction of sp³-hybridized carbons (Fsp3) is 0.0500. The van der Waals surface area contributed by atoms with Crippen LogP contribution < -0.4 is 15.4 Å². The number of pyridine rings is 1. The molecular formula is C20H11ClF5N3O3. The van der Waals surface area contributed by atoms with Gasteiger partial charge in [-0.2, -0.15) is 13.2 Å². The van der Waals surface area contributed by atoms with Crippen molar-refractivity contribution in [2.75, 3.05) is 5.32 Å². The summed E-state index contributed by atoms with van der Waals surface area (Å²) < 4.78 is 71.7. The molecule has 166 valence electrons. The van der Waals surface area contributed by atoms with Gasteiger partial charge in [-0.25, -0.2) is 18.6 Å². The van der Waals surface area contributed by atoms with Gasteiger partial charge in [0.05, 0.1) is 5.02 Å². The maximum Gasteiger partial charge on any atom is 0.421 e. The normalized spacial score (nSPS) is 11.1. The molecule has 0 bridgehead atoms. The Hall–Kier alpha value is -3.73. The third-order valence-corrected chi connectivity index (χ3v) is 4.07. The number of aromatic nitrogens is 1. The number of urea groups is 1. The zero-order chi connectivity index (χ0) is 23.5. The minimum Gasteiger partial charge on any atom is -0.438 e. The van der Waals surface area contributed by atoms with Crippen LogP contribution >= 0.6 is 11.6 Å². The van der Waals surface area contributed by atoms with Gasteiger partial charge in [0.25, 0.3) is 5.91 Å². The lowest BCUT2D eigenvalue weighted by molar-refractivity contribution is -0.138. The molecule has 0 saturated carbocycles. The average Bonchev–Trinajstić information content (AvgIpc) is 2.70. The Balaban J connectivity index is 1.67. The van der Waals surface area contributed by atoms with Crippen molar-refractivity contribution in [2.24, 2.45) is 0 Å².